The monoisotopic (exact) mass is 389 g/mol. The van der Waals surface area contributed by atoms with Crippen molar-refractivity contribution in [3.63, 3.8) is 0 Å². The van der Waals surface area contributed by atoms with Crippen LogP contribution in [-0.2, 0) is 4.79 Å². The Morgan fingerprint density at radius 2 is 1.81 bits per heavy atom. The van der Waals surface area contributed by atoms with Crippen molar-refractivity contribution in [2.24, 2.45) is 0 Å². The number of hydrogen-bond acceptors (Lipinski definition) is 6. The molecule has 1 saturated heterocycles. The van der Waals surface area contributed by atoms with E-state index >= 15 is 0 Å². The average Bonchev–Trinajstić information content (AvgIpc) is 2.65. The van der Waals surface area contributed by atoms with E-state index in [-0.39, 0.29) is 12.5 Å². The van der Waals surface area contributed by atoms with Crippen molar-refractivity contribution >= 4 is 29.0 Å². The zero-order chi connectivity index (χ0) is 19.4. The van der Waals surface area contributed by atoms with Crippen LogP contribution in [0.5, 0.6) is 5.75 Å². The number of carbonyl (C=O) groups excluding carboxylic acids is 1. The molecule has 1 fully saturated rings. The molecule has 2 heterocycles. The summed E-state index contributed by atoms with van der Waals surface area (Å²) in [5.74, 6) is 1.48. The zero-order valence-electron chi connectivity index (χ0n) is 15.8. The Morgan fingerprint density at radius 3 is 2.44 bits per heavy atom. The van der Waals surface area contributed by atoms with Crippen LogP contribution in [0, 0.1) is 13.8 Å². The Labute approximate surface area is 164 Å². The number of benzene rings is 1. The molecule has 1 aromatic heterocycles. The van der Waals surface area contributed by atoms with Crippen LogP contribution in [-0.4, -0.2) is 60.6 Å². The maximum atomic E-state index is 12.5. The molecule has 1 amide bonds. The minimum absolute atomic E-state index is 0.0108. The second-order valence-corrected chi connectivity index (χ2v) is 6.95. The molecule has 3 rings (SSSR count). The van der Waals surface area contributed by atoms with E-state index in [1.807, 2.05) is 30.9 Å². The topological polar surface area (TPSA) is 70.6 Å². The number of aromatic nitrogens is 2. The van der Waals surface area contributed by atoms with Crippen LogP contribution >= 0.6 is 11.6 Å². The summed E-state index contributed by atoms with van der Waals surface area (Å²) in [7, 11) is 1.79. The molecule has 0 spiro atoms. The van der Waals surface area contributed by atoms with Crippen molar-refractivity contribution in [1.82, 2.24) is 14.9 Å². The van der Waals surface area contributed by atoms with Crippen molar-refractivity contribution in [2.75, 3.05) is 50.1 Å². The van der Waals surface area contributed by atoms with E-state index in [0.29, 0.717) is 37.0 Å². The molecule has 2 aromatic rings. The van der Waals surface area contributed by atoms with Crippen molar-refractivity contribution in [3.8, 4) is 5.75 Å². The van der Waals surface area contributed by atoms with Gasteiger partial charge in [-0.05, 0) is 37.1 Å². The fourth-order valence-electron chi connectivity index (χ4n) is 3.23. The molecule has 1 aliphatic heterocycles. The molecule has 0 saturated carbocycles. The third-order valence-electron chi connectivity index (χ3n) is 4.52. The maximum absolute atomic E-state index is 12.5. The largest absolute Gasteiger partial charge is 0.484 e. The number of nitrogens with one attached hydrogen (secondary N) is 1. The van der Waals surface area contributed by atoms with E-state index in [1.54, 1.807) is 7.05 Å². The molecule has 8 heteroatoms. The van der Waals surface area contributed by atoms with Crippen molar-refractivity contribution < 1.29 is 9.53 Å². The molecule has 1 aromatic carbocycles. The Bertz CT molecular complexity index is 801. The normalized spacial score (nSPS) is 14.2. The van der Waals surface area contributed by atoms with Gasteiger partial charge >= 0.3 is 0 Å². The molecule has 0 atom stereocenters. The summed E-state index contributed by atoms with van der Waals surface area (Å²) >= 11 is 6.13. The van der Waals surface area contributed by atoms with Gasteiger partial charge in [0.15, 0.2) is 17.6 Å². The van der Waals surface area contributed by atoms with Crippen molar-refractivity contribution in [1.29, 1.82) is 0 Å². The van der Waals surface area contributed by atoms with Crippen LogP contribution in [0.4, 0.5) is 11.5 Å². The quantitative estimate of drug-likeness (QED) is 0.792. The maximum Gasteiger partial charge on any atom is 0.260 e. The molecular weight excluding hydrogens is 366 g/mol. The lowest BCUT2D eigenvalue weighted by atomic mass is 10.1. The number of rotatable bonds is 5. The Kier molecular flexibility index (Phi) is 6.01. The van der Waals surface area contributed by atoms with E-state index in [0.717, 1.165) is 22.7 Å². The first-order valence-corrected chi connectivity index (χ1v) is 9.28. The minimum atomic E-state index is -0.0108. The van der Waals surface area contributed by atoms with E-state index < -0.39 is 0 Å². The molecule has 27 heavy (non-hydrogen) atoms. The molecule has 144 valence electrons. The minimum Gasteiger partial charge on any atom is -0.484 e. The van der Waals surface area contributed by atoms with E-state index in [4.69, 9.17) is 16.3 Å². The summed E-state index contributed by atoms with van der Waals surface area (Å²) in [6.07, 6.45) is 1.45. The van der Waals surface area contributed by atoms with Crippen LogP contribution in [0.1, 0.15) is 11.1 Å². The second-order valence-electron chi connectivity index (χ2n) is 6.59. The third kappa shape index (κ3) is 4.60. The number of carbonyl (C=O) groups is 1. The fourth-order valence-corrected chi connectivity index (χ4v) is 3.45. The predicted octanol–water partition coefficient (Wildman–Crippen LogP) is 2.52. The highest BCUT2D eigenvalue weighted by Crippen LogP contribution is 2.29. The predicted molar refractivity (Wildman–Crippen MR) is 107 cm³/mol. The summed E-state index contributed by atoms with van der Waals surface area (Å²) in [4.78, 5) is 24.7. The van der Waals surface area contributed by atoms with E-state index in [2.05, 4.69) is 26.3 Å². The number of hydrogen-bond donors (Lipinski definition) is 1. The summed E-state index contributed by atoms with van der Waals surface area (Å²) in [5, 5.41) is 3.44. The Hall–Kier alpha value is -2.54. The number of ether oxygens (including phenoxy) is 1. The number of amides is 1. The van der Waals surface area contributed by atoms with Gasteiger partial charge in [0.2, 0.25) is 0 Å². The van der Waals surface area contributed by atoms with Gasteiger partial charge in [0.1, 0.15) is 17.8 Å². The smallest absolute Gasteiger partial charge is 0.260 e. The number of aryl methyl sites for hydroxylation is 2. The summed E-state index contributed by atoms with van der Waals surface area (Å²) in [6, 6.07) is 5.96. The Morgan fingerprint density at radius 1 is 1.15 bits per heavy atom. The van der Waals surface area contributed by atoms with E-state index in [1.165, 1.54) is 6.33 Å². The second kappa shape index (κ2) is 8.43. The summed E-state index contributed by atoms with van der Waals surface area (Å²) < 4.78 is 5.69. The van der Waals surface area contributed by atoms with Gasteiger partial charge in [0.25, 0.3) is 5.91 Å². The number of anilines is 2. The first kappa shape index (κ1) is 19.2. The molecule has 0 bridgehead atoms. The standard InChI is InChI=1S/C19H24ClN5O2/c1-13-8-14(2)10-15(9-13)27-11-16(26)24-4-6-25(7-5-24)19-17(21-3)18(20)22-12-23-19/h8-10,12,21H,4-7,11H2,1-3H3. The highest BCUT2D eigenvalue weighted by Gasteiger charge is 2.24. The lowest BCUT2D eigenvalue weighted by Gasteiger charge is -2.36. The van der Waals surface area contributed by atoms with Gasteiger partial charge in [0.05, 0.1) is 0 Å². The van der Waals surface area contributed by atoms with Gasteiger partial charge in [0, 0.05) is 33.2 Å². The van der Waals surface area contributed by atoms with Crippen LogP contribution in [0.3, 0.4) is 0 Å². The summed E-state index contributed by atoms with van der Waals surface area (Å²) in [5.41, 5.74) is 2.95. The number of piperazine rings is 1. The molecule has 0 unspecified atom stereocenters. The third-order valence-corrected chi connectivity index (χ3v) is 4.81. The highest BCUT2D eigenvalue weighted by molar-refractivity contribution is 6.32. The molecular formula is C19H24ClN5O2. The van der Waals surface area contributed by atoms with Crippen LogP contribution in [0.25, 0.3) is 0 Å². The first-order chi connectivity index (χ1) is 13.0. The van der Waals surface area contributed by atoms with Gasteiger partial charge in [-0.1, -0.05) is 17.7 Å². The average molecular weight is 390 g/mol. The molecule has 0 radical (unpaired) electrons. The number of halogens is 1. The molecule has 7 nitrogen and oxygen atoms in total. The van der Waals surface area contributed by atoms with Crippen molar-refractivity contribution in [3.05, 3.63) is 40.8 Å². The lowest BCUT2D eigenvalue weighted by molar-refractivity contribution is -0.133. The van der Waals surface area contributed by atoms with Crippen molar-refractivity contribution in [2.45, 2.75) is 13.8 Å². The van der Waals surface area contributed by atoms with Gasteiger partial charge < -0.3 is 19.9 Å². The summed E-state index contributed by atoms with van der Waals surface area (Å²) in [6.45, 7) is 6.65. The number of nitrogens with zero attached hydrogens (tertiary/aromatic N) is 4. The van der Waals surface area contributed by atoms with Crippen LogP contribution < -0.4 is 15.0 Å². The Balaban J connectivity index is 1.56. The first-order valence-electron chi connectivity index (χ1n) is 8.90. The molecule has 1 N–H and O–H groups in total. The molecule has 0 aliphatic carbocycles. The van der Waals surface area contributed by atoms with E-state index in [9.17, 15) is 4.79 Å². The SMILES string of the molecule is CNc1c(Cl)ncnc1N1CCN(C(=O)COc2cc(C)cc(C)c2)CC1. The highest BCUT2D eigenvalue weighted by atomic mass is 35.5. The van der Waals surface area contributed by atoms with Gasteiger partial charge in [-0.25, -0.2) is 9.97 Å². The lowest BCUT2D eigenvalue weighted by Crippen LogP contribution is -2.50. The fraction of sp³-hybridized carbons (Fsp3) is 0.421. The van der Waals surface area contributed by atoms with Crippen LogP contribution in [0.15, 0.2) is 24.5 Å². The van der Waals surface area contributed by atoms with Gasteiger partial charge in [-0.3, -0.25) is 4.79 Å². The van der Waals surface area contributed by atoms with Crippen LogP contribution in [0.2, 0.25) is 5.15 Å². The van der Waals surface area contributed by atoms with Gasteiger partial charge in [-0.15, -0.1) is 0 Å². The molecule has 1 aliphatic rings. The van der Waals surface area contributed by atoms with Gasteiger partial charge in [-0.2, -0.15) is 0 Å². The zero-order valence-corrected chi connectivity index (χ0v) is 16.6.